The zero-order valence-electron chi connectivity index (χ0n) is 17.1. The van der Waals surface area contributed by atoms with E-state index in [1.807, 2.05) is 4.90 Å². The lowest BCUT2D eigenvalue weighted by Crippen LogP contribution is -2.61. The zero-order valence-corrected chi connectivity index (χ0v) is 18.7. The Morgan fingerprint density at radius 3 is 2.25 bits per heavy atom. The first-order chi connectivity index (χ1) is 15.3. The van der Waals surface area contributed by atoms with Gasteiger partial charge in [-0.2, -0.15) is 5.10 Å². The van der Waals surface area contributed by atoms with Gasteiger partial charge in [-0.15, -0.1) is 0 Å². The van der Waals surface area contributed by atoms with Gasteiger partial charge in [0, 0.05) is 29.8 Å². The van der Waals surface area contributed by atoms with Gasteiger partial charge in [-0.05, 0) is 49.2 Å². The van der Waals surface area contributed by atoms with Crippen LogP contribution in [0.3, 0.4) is 0 Å². The minimum Gasteiger partial charge on any atom is -0.364 e. The first-order valence-electron chi connectivity index (χ1n) is 10.4. The van der Waals surface area contributed by atoms with Crippen LogP contribution < -0.4 is 11.1 Å². The van der Waals surface area contributed by atoms with Crippen LogP contribution in [-0.2, 0) is 0 Å². The van der Waals surface area contributed by atoms with Crippen molar-refractivity contribution in [2.24, 2.45) is 11.1 Å². The molecule has 1 aliphatic carbocycles. The molecule has 0 atom stereocenters. The highest BCUT2D eigenvalue weighted by Crippen LogP contribution is 2.48. The number of benzene rings is 2. The third-order valence-electron chi connectivity index (χ3n) is 6.28. The maximum Gasteiger partial charge on any atom is 0.271 e. The fraction of sp³-hybridized carbons (Fsp3) is 0.261. The molecule has 9 heteroatoms. The Hall–Kier alpha value is -3.03. The number of nitrogens with two attached hydrogens (primary N) is 1. The average molecular weight is 470 g/mol. The molecule has 2 heterocycles. The Labute approximate surface area is 195 Å². The molecule has 164 valence electrons. The molecule has 0 radical (unpaired) electrons. The number of amides is 2. The molecule has 2 aliphatic rings. The number of carbonyl (C=O) groups is 2. The van der Waals surface area contributed by atoms with E-state index >= 15 is 0 Å². The molecule has 2 amide bonds. The van der Waals surface area contributed by atoms with Crippen LogP contribution in [0.5, 0.6) is 0 Å². The van der Waals surface area contributed by atoms with Gasteiger partial charge in [0.05, 0.1) is 21.9 Å². The molecule has 1 aliphatic heterocycles. The Balaban J connectivity index is 1.35. The smallest absolute Gasteiger partial charge is 0.271 e. The monoisotopic (exact) mass is 469 g/mol. The Bertz CT molecular complexity index is 1190. The summed E-state index contributed by atoms with van der Waals surface area (Å²) in [5.74, 6) is -0.642. The number of primary amides is 1. The summed E-state index contributed by atoms with van der Waals surface area (Å²) >= 11 is 12.5. The fourth-order valence-corrected chi connectivity index (χ4v) is 4.97. The van der Waals surface area contributed by atoms with E-state index in [0.717, 1.165) is 13.1 Å². The van der Waals surface area contributed by atoms with E-state index < -0.39 is 5.91 Å². The minimum atomic E-state index is -0.691. The predicted molar refractivity (Wildman–Crippen MR) is 124 cm³/mol. The lowest BCUT2D eigenvalue weighted by molar-refractivity contribution is -0.0426. The summed E-state index contributed by atoms with van der Waals surface area (Å²) in [6.07, 6.45) is 5.34. The topological polar surface area (TPSA) is 93.2 Å². The third kappa shape index (κ3) is 3.61. The molecule has 1 aromatic heterocycles. The summed E-state index contributed by atoms with van der Waals surface area (Å²) in [6, 6.07) is 12.2. The van der Waals surface area contributed by atoms with Crippen molar-refractivity contribution in [1.82, 2.24) is 14.7 Å². The molecule has 5 rings (SSSR count). The van der Waals surface area contributed by atoms with Gasteiger partial charge in [0.15, 0.2) is 5.69 Å². The van der Waals surface area contributed by atoms with Gasteiger partial charge in [-0.3, -0.25) is 9.59 Å². The molecule has 0 bridgehead atoms. The largest absolute Gasteiger partial charge is 0.364 e. The Morgan fingerprint density at radius 1 is 1.03 bits per heavy atom. The Kier molecular flexibility index (Phi) is 5.10. The van der Waals surface area contributed by atoms with Gasteiger partial charge in [0.2, 0.25) is 0 Å². The average Bonchev–Trinajstić information content (AvgIpc) is 3.10. The van der Waals surface area contributed by atoms with Crippen LogP contribution in [0.25, 0.3) is 5.69 Å². The van der Waals surface area contributed by atoms with E-state index in [2.05, 4.69) is 10.4 Å². The lowest BCUT2D eigenvalue weighted by atomic mass is 9.63. The van der Waals surface area contributed by atoms with Gasteiger partial charge in [-0.1, -0.05) is 35.7 Å². The second-order valence-electron chi connectivity index (χ2n) is 8.49. The molecule has 1 saturated heterocycles. The van der Waals surface area contributed by atoms with E-state index in [-0.39, 0.29) is 11.6 Å². The van der Waals surface area contributed by atoms with Crippen molar-refractivity contribution in [3.05, 3.63) is 70.0 Å². The summed E-state index contributed by atoms with van der Waals surface area (Å²) < 4.78 is 1.42. The van der Waals surface area contributed by atoms with Crippen LogP contribution in [0.15, 0.2) is 48.7 Å². The quantitative estimate of drug-likeness (QED) is 0.568. The molecule has 1 spiro atoms. The summed E-state index contributed by atoms with van der Waals surface area (Å²) in [6.45, 7) is 1.72. The number of halogens is 2. The van der Waals surface area contributed by atoms with Crippen molar-refractivity contribution in [3.63, 3.8) is 0 Å². The number of nitrogens with one attached hydrogen (secondary N) is 1. The maximum atomic E-state index is 12.7. The standard InChI is InChI=1S/C23H21Cl2N5O2/c24-16-3-1-4-17(25)20(16)30-11-18(19(28-30)21(26)31)27-15-7-5-14(6-8-15)22(32)29-12-23(13-29)9-2-10-23/h1,3-8,11,27H,2,9-10,12-13H2,(H2,26,31). The molecule has 0 unspecified atom stereocenters. The van der Waals surface area contributed by atoms with E-state index in [1.165, 1.54) is 23.9 Å². The molecule has 3 aromatic rings. The molecule has 7 nitrogen and oxygen atoms in total. The maximum absolute atomic E-state index is 12.7. The normalized spacial score (nSPS) is 16.4. The fourth-order valence-electron chi connectivity index (χ4n) is 4.40. The van der Waals surface area contributed by atoms with Gasteiger partial charge >= 0.3 is 0 Å². The highest BCUT2D eigenvalue weighted by molar-refractivity contribution is 6.37. The van der Waals surface area contributed by atoms with Crippen LogP contribution in [-0.4, -0.2) is 39.6 Å². The number of likely N-dealkylation sites (tertiary alicyclic amines) is 1. The number of rotatable bonds is 5. The summed E-state index contributed by atoms with van der Waals surface area (Å²) in [7, 11) is 0. The first kappa shape index (κ1) is 20.8. The zero-order chi connectivity index (χ0) is 22.5. The highest BCUT2D eigenvalue weighted by atomic mass is 35.5. The molecular weight excluding hydrogens is 449 g/mol. The lowest BCUT2D eigenvalue weighted by Gasteiger charge is -2.55. The number of nitrogens with zero attached hydrogens (tertiary/aromatic N) is 3. The van der Waals surface area contributed by atoms with Gasteiger partial charge in [-0.25, -0.2) is 4.68 Å². The van der Waals surface area contributed by atoms with Crippen molar-refractivity contribution >= 4 is 46.4 Å². The molecule has 1 saturated carbocycles. The number of hydrogen-bond acceptors (Lipinski definition) is 4. The molecule has 2 fully saturated rings. The summed E-state index contributed by atoms with van der Waals surface area (Å²) in [5.41, 5.74) is 8.15. The van der Waals surface area contributed by atoms with E-state index in [1.54, 1.807) is 48.7 Å². The van der Waals surface area contributed by atoms with Crippen LogP contribution >= 0.6 is 23.2 Å². The molecule has 2 aromatic carbocycles. The Morgan fingerprint density at radius 2 is 1.69 bits per heavy atom. The number of hydrogen-bond donors (Lipinski definition) is 2. The second-order valence-corrected chi connectivity index (χ2v) is 9.30. The van der Waals surface area contributed by atoms with Crippen LogP contribution in [0.2, 0.25) is 10.0 Å². The SMILES string of the molecule is NC(=O)c1nn(-c2c(Cl)cccc2Cl)cc1Nc1ccc(C(=O)N2CC3(CCC3)C2)cc1. The van der Waals surface area contributed by atoms with Crippen molar-refractivity contribution in [2.45, 2.75) is 19.3 Å². The summed E-state index contributed by atoms with van der Waals surface area (Å²) in [5, 5.41) is 8.18. The van der Waals surface area contributed by atoms with E-state index in [4.69, 9.17) is 28.9 Å². The highest BCUT2D eigenvalue weighted by Gasteiger charge is 2.48. The molecular formula is C23H21Cl2N5O2. The molecule has 3 N–H and O–H groups in total. The number of aromatic nitrogens is 2. The van der Waals surface area contributed by atoms with Crippen molar-refractivity contribution < 1.29 is 9.59 Å². The molecule has 32 heavy (non-hydrogen) atoms. The van der Waals surface area contributed by atoms with Crippen LogP contribution in [0, 0.1) is 5.41 Å². The second kappa shape index (κ2) is 7.83. The predicted octanol–water partition coefficient (Wildman–Crippen LogP) is 4.65. The van der Waals surface area contributed by atoms with Gasteiger partial charge < -0.3 is 16.0 Å². The van der Waals surface area contributed by atoms with Crippen LogP contribution in [0.4, 0.5) is 11.4 Å². The number of carbonyl (C=O) groups excluding carboxylic acids is 2. The van der Waals surface area contributed by atoms with Crippen molar-refractivity contribution in [2.75, 3.05) is 18.4 Å². The van der Waals surface area contributed by atoms with E-state index in [0.29, 0.717) is 38.1 Å². The van der Waals surface area contributed by atoms with Crippen LogP contribution in [0.1, 0.15) is 40.1 Å². The van der Waals surface area contributed by atoms with Crippen molar-refractivity contribution in [1.29, 1.82) is 0 Å². The number of para-hydroxylation sites is 1. The minimum absolute atomic E-state index is 0.0486. The summed E-state index contributed by atoms with van der Waals surface area (Å²) in [4.78, 5) is 26.6. The van der Waals surface area contributed by atoms with E-state index in [9.17, 15) is 9.59 Å². The van der Waals surface area contributed by atoms with Gasteiger partial charge in [0.25, 0.3) is 11.8 Å². The van der Waals surface area contributed by atoms with Gasteiger partial charge in [0.1, 0.15) is 5.69 Å². The number of anilines is 2. The third-order valence-corrected chi connectivity index (χ3v) is 6.89. The first-order valence-corrected chi connectivity index (χ1v) is 11.1. The van der Waals surface area contributed by atoms with Crippen molar-refractivity contribution in [3.8, 4) is 5.69 Å².